The smallest absolute Gasteiger partial charge is 0.164 e. The van der Waals surface area contributed by atoms with Crippen molar-refractivity contribution in [1.82, 2.24) is 15.0 Å². The van der Waals surface area contributed by atoms with Crippen molar-refractivity contribution >= 4 is 21.9 Å². The van der Waals surface area contributed by atoms with Crippen molar-refractivity contribution in [3.05, 3.63) is 224 Å². The zero-order valence-corrected chi connectivity index (χ0v) is 33.1. The Balaban J connectivity index is 1.03. The van der Waals surface area contributed by atoms with E-state index >= 15 is 0 Å². The average molecular weight is 780 g/mol. The van der Waals surface area contributed by atoms with Crippen molar-refractivity contribution in [3.63, 3.8) is 0 Å². The fraction of sp³-hybridized carbons (Fsp3) is 0. The second-order valence-electron chi connectivity index (χ2n) is 15.2. The molecule has 0 aliphatic heterocycles. The highest BCUT2D eigenvalue weighted by Crippen LogP contribution is 2.41. The minimum atomic E-state index is 0.579. The molecule has 2 aromatic heterocycles. The molecular formula is C57H37N3O. The van der Waals surface area contributed by atoms with Crippen LogP contribution in [0.3, 0.4) is 0 Å². The molecule has 0 saturated carbocycles. The number of hydrogen-bond acceptors (Lipinski definition) is 4. The first-order valence-corrected chi connectivity index (χ1v) is 20.5. The van der Waals surface area contributed by atoms with Crippen LogP contribution in [0.1, 0.15) is 0 Å². The molecule has 0 saturated heterocycles. The molecule has 0 bridgehead atoms. The van der Waals surface area contributed by atoms with Gasteiger partial charge in [0.1, 0.15) is 11.2 Å². The van der Waals surface area contributed by atoms with E-state index in [1.165, 1.54) is 16.7 Å². The molecule has 0 spiro atoms. The van der Waals surface area contributed by atoms with Crippen LogP contribution in [-0.4, -0.2) is 15.0 Å². The summed E-state index contributed by atoms with van der Waals surface area (Å²) < 4.78 is 6.76. The number of furan rings is 1. The van der Waals surface area contributed by atoms with Gasteiger partial charge in [0.05, 0.1) is 0 Å². The van der Waals surface area contributed by atoms with Crippen LogP contribution >= 0.6 is 0 Å². The zero-order chi connectivity index (χ0) is 40.5. The summed E-state index contributed by atoms with van der Waals surface area (Å²) >= 11 is 0. The molecule has 0 fully saturated rings. The van der Waals surface area contributed by atoms with Crippen molar-refractivity contribution in [1.29, 1.82) is 0 Å². The first kappa shape index (κ1) is 35.9. The molecule has 286 valence electrons. The van der Waals surface area contributed by atoms with Crippen molar-refractivity contribution < 1.29 is 4.42 Å². The van der Waals surface area contributed by atoms with Crippen molar-refractivity contribution in [2.45, 2.75) is 0 Å². The van der Waals surface area contributed by atoms with Gasteiger partial charge in [-0.2, -0.15) is 0 Å². The van der Waals surface area contributed by atoms with E-state index < -0.39 is 0 Å². The number of hydrogen-bond donors (Lipinski definition) is 0. The van der Waals surface area contributed by atoms with Gasteiger partial charge in [-0.3, -0.25) is 0 Å². The first-order valence-electron chi connectivity index (χ1n) is 20.5. The minimum Gasteiger partial charge on any atom is -0.455 e. The number of fused-ring (bicyclic) bond motifs is 3. The predicted molar refractivity (Wildman–Crippen MR) is 251 cm³/mol. The molecule has 0 aliphatic rings. The van der Waals surface area contributed by atoms with Gasteiger partial charge in [0.2, 0.25) is 0 Å². The van der Waals surface area contributed by atoms with Crippen LogP contribution in [0.15, 0.2) is 229 Å². The van der Waals surface area contributed by atoms with Crippen LogP contribution in [-0.2, 0) is 0 Å². The van der Waals surface area contributed by atoms with Gasteiger partial charge in [0, 0.05) is 33.0 Å². The Morgan fingerprint density at radius 3 is 1.25 bits per heavy atom. The summed E-state index contributed by atoms with van der Waals surface area (Å²) in [5.41, 5.74) is 15.6. The van der Waals surface area contributed by atoms with E-state index in [1.807, 2.05) is 30.3 Å². The highest BCUT2D eigenvalue weighted by atomic mass is 16.3. The topological polar surface area (TPSA) is 51.8 Å². The molecule has 11 rings (SSSR count). The van der Waals surface area contributed by atoms with E-state index in [0.717, 1.165) is 77.6 Å². The van der Waals surface area contributed by atoms with Crippen molar-refractivity contribution in [3.8, 4) is 89.8 Å². The second kappa shape index (κ2) is 15.5. The molecule has 0 atom stereocenters. The lowest BCUT2D eigenvalue weighted by Crippen LogP contribution is -2.00. The van der Waals surface area contributed by atoms with Gasteiger partial charge in [0.15, 0.2) is 17.5 Å². The summed E-state index contributed by atoms with van der Waals surface area (Å²) in [5.74, 6) is 1.77. The summed E-state index contributed by atoms with van der Waals surface area (Å²) in [6.45, 7) is 0. The number of para-hydroxylation sites is 1. The van der Waals surface area contributed by atoms with Crippen LogP contribution in [0.2, 0.25) is 0 Å². The zero-order valence-electron chi connectivity index (χ0n) is 33.1. The lowest BCUT2D eigenvalue weighted by molar-refractivity contribution is 0.670. The second-order valence-corrected chi connectivity index (χ2v) is 15.2. The lowest BCUT2D eigenvalue weighted by atomic mass is 9.97. The molecule has 2 heterocycles. The normalized spacial score (nSPS) is 11.3. The molecular weight excluding hydrogens is 743 g/mol. The van der Waals surface area contributed by atoms with Gasteiger partial charge in [-0.25, -0.2) is 15.0 Å². The van der Waals surface area contributed by atoms with E-state index in [9.17, 15) is 0 Å². The largest absolute Gasteiger partial charge is 0.455 e. The third-order valence-corrected chi connectivity index (χ3v) is 11.4. The van der Waals surface area contributed by atoms with E-state index in [0.29, 0.717) is 17.5 Å². The van der Waals surface area contributed by atoms with Crippen LogP contribution in [0.25, 0.3) is 112 Å². The highest BCUT2D eigenvalue weighted by molar-refractivity contribution is 6.15. The number of benzene rings is 9. The first-order chi connectivity index (χ1) is 30.2. The summed E-state index contributed by atoms with van der Waals surface area (Å²) in [5, 5.41) is 1.97. The SMILES string of the molecule is c1ccc(-c2ccc(-c3ccc(-c4nc(-c5cccc(-c6ccccc6)c5)nc(-c5cccc6oc7c(-c8cccc(-c9ccccc9)c8)cccc7c56)n4)cc3)cc2)cc1. The quantitative estimate of drug-likeness (QED) is 0.154. The molecule has 0 unspecified atom stereocenters. The van der Waals surface area contributed by atoms with Gasteiger partial charge in [-0.15, -0.1) is 0 Å². The standard InChI is InChI=1S/C57H37N3O/c1-4-14-38(15-5-1)41-28-30-42(31-29-41)43-32-34-44(35-33-43)55-58-56(48-23-11-21-46(37-48)40-18-8-3-9-19-40)60-57(59-55)51-26-13-27-52-53(51)50-25-12-24-49(54(50)61-52)47-22-10-20-45(36-47)39-16-6-2-7-17-39/h1-37H. The number of rotatable bonds is 8. The Bertz CT molecular complexity index is 3320. The van der Waals surface area contributed by atoms with Gasteiger partial charge >= 0.3 is 0 Å². The van der Waals surface area contributed by atoms with Gasteiger partial charge in [-0.1, -0.05) is 206 Å². The summed E-state index contributed by atoms with van der Waals surface area (Å²) in [6.07, 6.45) is 0. The van der Waals surface area contributed by atoms with Crippen LogP contribution in [0, 0.1) is 0 Å². The molecule has 61 heavy (non-hydrogen) atoms. The monoisotopic (exact) mass is 779 g/mol. The van der Waals surface area contributed by atoms with Crippen LogP contribution in [0.4, 0.5) is 0 Å². The molecule has 4 nitrogen and oxygen atoms in total. The molecule has 0 amide bonds. The van der Waals surface area contributed by atoms with E-state index in [4.69, 9.17) is 19.4 Å². The lowest BCUT2D eigenvalue weighted by Gasteiger charge is -2.11. The van der Waals surface area contributed by atoms with Crippen LogP contribution < -0.4 is 0 Å². The van der Waals surface area contributed by atoms with Crippen molar-refractivity contribution in [2.24, 2.45) is 0 Å². The Hall–Kier alpha value is -8.21. The predicted octanol–water partition coefficient (Wildman–Crippen LogP) is 15.1. The molecule has 0 N–H and O–H groups in total. The van der Waals surface area contributed by atoms with Gasteiger partial charge in [0.25, 0.3) is 0 Å². The fourth-order valence-corrected chi connectivity index (χ4v) is 8.28. The Kier molecular flexibility index (Phi) is 9.14. The number of nitrogens with zero attached hydrogens (tertiary/aromatic N) is 3. The summed E-state index contributed by atoms with van der Waals surface area (Å²) in [6, 6.07) is 78.1. The maximum Gasteiger partial charge on any atom is 0.164 e. The third kappa shape index (κ3) is 6.96. The maximum atomic E-state index is 6.76. The van der Waals surface area contributed by atoms with E-state index in [-0.39, 0.29) is 0 Å². The Labute approximate surface area is 354 Å². The third-order valence-electron chi connectivity index (χ3n) is 11.4. The molecule has 4 heteroatoms. The van der Waals surface area contributed by atoms with Crippen molar-refractivity contribution in [2.75, 3.05) is 0 Å². The minimum absolute atomic E-state index is 0.579. The van der Waals surface area contributed by atoms with Gasteiger partial charge in [-0.05, 0) is 68.3 Å². The molecule has 0 aliphatic carbocycles. The summed E-state index contributed by atoms with van der Waals surface area (Å²) in [4.78, 5) is 15.6. The van der Waals surface area contributed by atoms with E-state index in [1.54, 1.807) is 0 Å². The maximum absolute atomic E-state index is 6.76. The molecule has 0 radical (unpaired) electrons. The fourth-order valence-electron chi connectivity index (χ4n) is 8.28. The molecule has 11 aromatic rings. The Morgan fingerprint density at radius 1 is 0.262 bits per heavy atom. The van der Waals surface area contributed by atoms with Gasteiger partial charge < -0.3 is 4.42 Å². The average Bonchev–Trinajstić information content (AvgIpc) is 3.74. The highest BCUT2D eigenvalue weighted by Gasteiger charge is 2.20. The number of aromatic nitrogens is 3. The van der Waals surface area contributed by atoms with Crippen LogP contribution in [0.5, 0.6) is 0 Å². The van der Waals surface area contributed by atoms with E-state index in [2.05, 4.69) is 194 Å². The summed E-state index contributed by atoms with van der Waals surface area (Å²) in [7, 11) is 0. The molecule has 9 aromatic carbocycles. The Morgan fingerprint density at radius 2 is 0.656 bits per heavy atom.